The van der Waals surface area contributed by atoms with Crippen molar-refractivity contribution < 1.29 is 22.8 Å². The Morgan fingerprint density at radius 1 is 1.04 bits per heavy atom. The van der Waals surface area contributed by atoms with Crippen LogP contribution in [0.5, 0.6) is 0 Å². The first-order valence-corrected chi connectivity index (χ1v) is 8.55. The summed E-state index contributed by atoms with van der Waals surface area (Å²) >= 11 is 0. The van der Waals surface area contributed by atoms with E-state index < -0.39 is 35.8 Å². The van der Waals surface area contributed by atoms with Crippen molar-refractivity contribution in [1.82, 2.24) is 10.2 Å². The van der Waals surface area contributed by atoms with Gasteiger partial charge in [-0.05, 0) is 30.5 Å². The molecule has 4 nitrogen and oxygen atoms in total. The minimum Gasteiger partial charge on any atom is -0.319 e. The van der Waals surface area contributed by atoms with E-state index in [9.17, 15) is 22.8 Å². The highest BCUT2D eigenvalue weighted by atomic mass is 19.4. The molecule has 0 radical (unpaired) electrons. The number of hydrogen-bond acceptors (Lipinski definition) is 2. The number of benzene rings is 2. The monoisotopic (exact) mass is 376 g/mol. The van der Waals surface area contributed by atoms with Gasteiger partial charge in [-0.2, -0.15) is 13.2 Å². The molecule has 0 spiro atoms. The van der Waals surface area contributed by atoms with Gasteiger partial charge >= 0.3 is 12.2 Å². The van der Waals surface area contributed by atoms with E-state index in [0.29, 0.717) is 5.56 Å². The van der Waals surface area contributed by atoms with Gasteiger partial charge in [-0.3, -0.25) is 9.69 Å². The summed E-state index contributed by atoms with van der Waals surface area (Å²) in [6, 6.07) is 11.4. The van der Waals surface area contributed by atoms with Crippen LogP contribution in [0.1, 0.15) is 35.6 Å². The number of urea groups is 1. The molecule has 2 aromatic rings. The number of aryl methyl sites for hydroxylation is 1. The molecular formula is C20H19F3N2O2. The average molecular weight is 376 g/mol. The zero-order valence-electron chi connectivity index (χ0n) is 14.9. The Hall–Kier alpha value is -2.83. The Bertz CT molecular complexity index is 878. The van der Waals surface area contributed by atoms with Crippen molar-refractivity contribution in [1.29, 1.82) is 0 Å². The Labute approximate surface area is 155 Å². The van der Waals surface area contributed by atoms with Crippen LogP contribution in [0.25, 0.3) is 0 Å². The third-order valence-corrected chi connectivity index (χ3v) is 4.90. The third kappa shape index (κ3) is 3.29. The van der Waals surface area contributed by atoms with Crippen molar-refractivity contribution >= 4 is 11.9 Å². The highest BCUT2D eigenvalue weighted by Gasteiger charge is 2.51. The Morgan fingerprint density at radius 2 is 1.67 bits per heavy atom. The lowest BCUT2D eigenvalue weighted by molar-refractivity contribution is -0.139. The van der Waals surface area contributed by atoms with Gasteiger partial charge in [0.15, 0.2) is 0 Å². The quantitative estimate of drug-likeness (QED) is 0.806. The number of nitrogens with one attached hydrogen (secondary N) is 1. The second-order valence-electron chi connectivity index (χ2n) is 6.60. The summed E-state index contributed by atoms with van der Waals surface area (Å²) in [6.45, 7) is 3.22. The fourth-order valence-corrected chi connectivity index (χ4v) is 3.35. The van der Waals surface area contributed by atoms with E-state index in [1.54, 1.807) is 19.1 Å². The maximum Gasteiger partial charge on any atom is 0.416 e. The Kier molecular flexibility index (Phi) is 4.71. The normalized spacial score (nSPS) is 20.1. The zero-order valence-corrected chi connectivity index (χ0v) is 14.9. The summed E-state index contributed by atoms with van der Waals surface area (Å²) in [7, 11) is 0. The molecule has 2 aromatic carbocycles. The molecule has 0 unspecified atom stereocenters. The minimum absolute atomic E-state index is 0.121. The van der Waals surface area contributed by atoms with Gasteiger partial charge in [0.05, 0.1) is 12.1 Å². The molecular weight excluding hydrogens is 357 g/mol. The summed E-state index contributed by atoms with van der Waals surface area (Å²) < 4.78 is 39.7. The number of alkyl halides is 3. The molecule has 1 aliphatic heterocycles. The molecule has 0 bridgehead atoms. The zero-order chi connectivity index (χ0) is 19.8. The van der Waals surface area contributed by atoms with Crippen LogP contribution < -0.4 is 5.32 Å². The number of carbonyl (C=O) groups is 2. The fourth-order valence-electron chi connectivity index (χ4n) is 3.35. The van der Waals surface area contributed by atoms with Crippen LogP contribution >= 0.6 is 0 Å². The molecule has 0 aliphatic carbocycles. The molecule has 1 aliphatic rings. The highest BCUT2D eigenvalue weighted by molar-refractivity contribution is 6.07. The molecule has 1 heterocycles. The van der Waals surface area contributed by atoms with Crippen LogP contribution in [0.3, 0.4) is 0 Å². The van der Waals surface area contributed by atoms with Crippen LogP contribution in [0.15, 0.2) is 48.5 Å². The summed E-state index contributed by atoms with van der Waals surface area (Å²) in [6.07, 6.45) is -4.27. The van der Waals surface area contributed by atoms with Gasteiger partial charge in [0.1, 0.15) is 5.54 Å². The first kappa shape index (κ1) is 18.9. The van der Waals surface area contributed by atoms with Gasteiger partial charge in [-0.15, -0.1) is 0 Å². The van der Waals surface area contributed by atoms with Gasteiger partial charge in [-0.1, -0.05) is 55.0 Å². The largest absolute Gasteiger partial charge is 0.416 e. The Morgan fingerprint density at radius 3 is 2.26 bits per heavy atom. The van der Waals surface area contributed by atoms with E-state index in [4.69, 9.17) is 0 Å². The van der Waals surface area contributed by atoms with Crippen molar-refractivity contribution in [2.24, 2.45) is 0 Å². The van der Waals surface area contributed by atoms with Crippen molar-refractivity contribution in [3.63, 3.8) is 0 Å². The van der Waals surface area contributed by atoms with Gasteiger partial charge in [0.2, 0.25) is 0 Å². The maximum absolute atomic E-state index is 13.2. The summed E-state index contributed by atoms with van der Waals surface area (Å²) in [5.74, 6) is -0.546. The summed E-state index contributed by atoms with van der Waals surface area (Å²) in [4.78, 5) is 26.4. The SMILES string of the molecule is CC[C@]1(c2ccc(C)cc2)NC(=O)N(Cc2ccccc2C(F)(F)F)C1=O. The third-order valence-electron chi connectivity index (χ3n) is 4.90. The average Bonchev–Trinajstić information content (AvgIpc) is 2.87. The van der Waals surface area contributed by atoms with E-state index in [2.05, 4.69) is 5.32 Å². The smallest absolute Gasteiger partial charge is 0.319 e. The van der Waals surface area contributed by atoms with Crippen molar-refractivity contribution in [2.45, 2.75) is 38.5 Å². The van der Waals surface area contributed by atoms with E-state index in [-0.39, 0.29) is 12.0 Å². The lowest BCUT2D eigenvalue weighted by Gasteiger charge is -2.26. The number of halogens is 3. The van der Waals surface area contributed by atoms with Gasteiger partial charge in [0, 0.05) is 0 Å². The molecule has 0 saturated carbocycles. The molecule has 27 heavy (non-hydrogen) atoms. The summed E-state index contributed by atoms with van der Waals surface area (Å²) in [5, 5.41) is 2.69. The van der Waals surface area contributed by atoms with Crippen LogP contribution in [-0.4, -0.2) is 16.8 Å². The molecule has 3 amide bonds. The number of carbonyl (C=O) groups excluding carboxylic acids is 2. The Balaban J connectivity index is 1.97. The van der Waals surface area contributed by atoms with Crippen LogP contribution in [0.2, 0.25) is 0 Å². The number of nitrogens with zero attached hydrogens (tertiary/aromatic N) is 1. The standard InChI is InChI=1S/C20H19F3N2O2/c1-3-19(15-10-8-13(2)9-11-15)17(26)25(18(27)24-19)12-14-6-4-5-7-16(14)20(21,22)23/h4-11H,3,12H2,1-2H3,(H,24,27)/t19-/m1/s1. The highest BCUT2D eigenvalue weighted by Crippen LogP contribution is 2.36. The van der Waals surface area contributed by atoms with E-state index in [1.165, 1.54) is 18.2 Å². The van der Waals surface area contributed by atoms with Crippen molar-refractivity contribution in [2.75, 3.05) is 0 Å². The number of hydrogen-bond donors (Lipinski definition) is 1. The molecule has 1 fully saturated rings. The first-order chi connectivity index (χ1) is 12.7. The number of imide groups is 1. The van der Waals surface area contributed by atoms with Gasteiger partial charge in [-0.25, -0.2) is 4.79 Å². The molecule has 142 valence electrons. The molecule has 3 rings (SSSR count). The molecule has 1 atom stereocenters. The first-order valence-electron chi connectivity index (χ1n) is 8.55. The molecule has 7 heteroatoms. The number of rotatable bonds is 4. The summed E-state index contributed by atoms with van der Waals surface area (Å²) in [5.41, 5.74) is -0.629. The second kappa shape index (κ2) is 6.72. The topological polar surface area (TPSA) is 49.4 Å². The van der Waals surface area contributed by atoms with Gasteiger partial charge < -0.3 is 5.32 Å². The lowest BCUT2D eigenvalue weighted by Crippen LogP contribution is -2.43. The fraction of sp³-hybridized carbons (Fsp3) is 0.300. The van der Waals surface area contributed by atoms with E-state index in [0.717, 1.165) is 16.5 Å². The van der Waals surface area contributed by atoms with Crippen molar-refractivity contribution in [3.05, 3.63) is 70.8 Å². The maximum atomic E-state index is 13.2. The predicted octanol–water partition coefficient (Wildman–Crippen LogP) is 4.37. The molecule has 0 aromatic heterocycles. The van der Waals surface area contributed by atoms with Crippen LogP contribution in [-0.2, 0) is 23.1 Å². The van der Waals surface area contributed by atoms with Crippen LogP contribution in [0, 0.1) is 6.92 Å². The predicted molar refractivity (Wildman–Crippen MR) is 93.7 cm³/mol. The minimum atomic E-state index is -4.56. The van der Waals surface area contributed by atoms with Crippen molar-refractivity contribution in [3.8, 4) is 0 Å². The molecule has 1 N–H and O–H groups in total. The molecule has 1 saturated heterocycles. The lowest BCUT2D eigenvalue weighted by atomic mass is 9.86. The second-order valence-corrected chi connectivity index (χ2v) is 6.60. The van der Waals surface area contributed by atoms with E-state index >= 15 is 0 Å². The van der Waals surface area contributed by atoms with Crippen LogP contribution in [0.4, 0.5) is 18.0 Å². The number of amides is 3. The van der Waals surface area contributed by atoms with Gasteiger partial charge in [0.25, 0.3) is 5.91 Å². The van der Waals surface area contributed by atoms with E-state index in [1.807, 2.05) is 19.1 Å².